The fraction of sp³-hybridized carbons (Fsp3) is 0.312. The normalized spacial score (nSPS) is 17.4. The molecule has 0 unspecified atom stereocenters. The van der Waals surface area contributed by atoms with Crippen molar-refractivity contribution in [3.8, 4) is 5.88 Å². The molecule has 2 saturated heterocycles. The molecule has 3 aromatic heterocycles. The number of carboxylic acid groups (broad SMARTS) is 1. The molecule has 0 amide bonds. The van der Waals surface area contributed by atoms with E-state index in [4.69, 9.17) is 19.4 Å². The Morgan fingerprint density at radius 1 is 0.976 bits per heavy atom. The second-order valence-electron chi connectivity index (χ2n) is 10.8. The molecule has 2 aliphatic heterocycles. The monoisotopic (exact) mass is 564 g/mol. The van der Waals surface area contributed by atoms with Gasteiger partial charge in [-0.3, -0.25) is 9.88 Å². The first-order chi connectivity index (χ1) is 20.6. The highest BCUT2D eigenvalue weighted by atomic mass is 16.5. The SMILES string of the molecule is O=C(O)c1ccc2nc(CN3CCN(c4cccc(OCc5cc6ccccc6cn5)n4)CC3)n(C[C@@H]3CCO3)c2c1. The summed E-state index contributed by atoms with van der Waals surface area (Å²) in [5.41, 5.74) is 2.79. The summed E-state index contributed by atoms with van der Waals surface area (Å²) >= 11 is 0. The number of hydrogen-bond acceptors (Lipinski definition) is 8. The highest BCUT2D eigenvalue weighted by molar-refractivity contribution is 5.92. The van der Waals surface area contributed by atoms with E-state index in [0.29, 0.717) is 25.6 Å². The minimum atomic E-state index is -0.935. The van der Waals surface area contributed by atoms with Crippen molar-refractivity contribution in [2.75, 3.05) is 37.7 Å². The van der Waals surface area contributed by atoms with Gasteiger partial charge < -0.3 is 24.0 Å². The average molecular weight is 565 g/mol. The van der Waals surface area contributed by atoms with Crippen LogP contribution in [0.2, 0.25) is 0 Å². The number of anilines is 1. The van der Waals surface area contributed by atoms with E-state index >= 15 is 0 Å². The van der Waals surface area contributed by atoms with Crippen LogP contribution in [0.15, 0.2) is 72.9 Å². The van der Waals surface area contributed by atoms with Gasteiger partial charge in [0.1, 0.15) is 18.2 Å². The number of carboxylic acids is 1. The predicted octanol–water partition coefficient (Wildman–Crippen LogP) is 4.37. The first-order valence-electron chi connectivity index (χ1n) is 14.3. The Morgan fingerprint density at radius 2 is 1.81 bits per heavy atom. The largest absolute Gasteiger partial charge is 0.478 e. The summed E-state index contributed by atoms with van der Waals surface area (Å²) in [6.07, 6.45) is 3.02. The molecule has 0 radical (unpaired) electrons. The summed E-state index contributed by atoms with van der Waals surface area (Å²) in [6, 6.07) is 21.2. The Bertz CT molecular complexity index is 1740. The number of piperazine rings is 1. The number of aromatic nitrogens is 4. The first kappa shape index (κ1) is 26.4. The van der Waals surface area contributed by atoms with Crippen LogP contribution in [0, 0.1) is 0 Å². The van der Waals surface area contributed by atoms with Gasteiger partial charge in [-0.15, -0.1) is 0 Å². The van der Waals surface area contributed by atoms with Gasteiger partial charge in [-0.05, 0) is 42.1 Å². The molecule has 5 aromatic rings. The van der Waals surface area contributed by atoms with Crippen LogP contribution in [-0.2, 0) is 24.4 Å². The van der Waals surface area contributed by atoms with Gasteiger partial charge in [0, 0.05) is 50.4 Å². The van der Waals surface area contributed by atoms with Gasteiger partial charge in [0.15, 0.2) is 0 Å². The third-order valence-corrected chi connectivity index (χ3v) is 8.08. The van der Waals surface area contributed by atoms with Crippen molar-refractivity contribution in [1.29, 1.82) is 0 Å². The lowest BCUT2D eigenvalue weighted by Gasteiger charge is -2.35. The van der Waals surface area contributed by atoms with Gasteiger partial charge in [-0.2, -0.15) is 4.98 Å². The Hall–Kier alpha value is -4.54. The topological polar surface area (TPSA) is 106 Å². The molecule has 0 bridgehead atoms. The standard InChI is InChI=1S/C32H32N6O4/c39-32(40)23-8-9-27-28(17-23)38(19-26-10-15-41-26)30(34-27)20-36-11-13-37(14-12-36)29-6-3-7-31(35-29)42-21-25-16-22-4-1-2-5-24(22)18-33-25/h1-9,16-18,26H,10-15,19-21H2,(H,39,40)/t26-/m0/s1. The Morgan fingerprint density at radius 3 is 2.60 bits per heavy atom. The smallest absolute Gasteiger partial charge is 0.335 e. The maximum atomic E-state index is 11.6. The number of imidazole rings is 1. The lowest BCUT2D eigenvalue weighted by Crippen LogP contribution is -2.46. The highest BCUT2D eigenvalue weighted by Crippen LogP contribution is 2.25. The van der Waals surface area contributed by atoms with E-state index in [9.17, 15) is 9.90 Å². The zero-order valence-corrected chi connectivity index (χ0v) is 23.2. The van der Waals surface area contributed by atoms with Crippen molar-refractivity contribution in [3.63, 3.8) is 0 Å². The third-order valence-electron chi connectivity index (χ3n) is 8.08. The van der Waals surface area contributed by atoms with Crippen molar-refractivity contribution in [3.05, 3.63) is 90.0 Å². The number of carbonyl (C=O) groups is 1. The van der Waals surface area contributed by atoms with Crippen molar-refractivity contribution < 1.29 is 19.4 Å². The van der Waals surface area contributed by atoms with Gasteiger partial charge in [-0.25, -0.2) is 9.78 Å². The lowest BCUT2D eigenvalue weighted by atomic mass is 10.1. The molecular formula is C32H32N6O4. The van der Waals surface area contributed by atoms with Crippen LogP contribution in [0.4, 0.5) is 5.82 Å². The molecule has 2 aromatic carbocycles. The highest BCUT2D eigenvalue weighted by Gasteiger charge is 2.25. The van der Waals surface area contributed by atoms with E-state index in [1.165, 1.54) is 0 Å². The molecule has 42 heavy (non-hydrogen) atoms. The average Bonchev–Trinajstić information content (AvgIpc) is 3.34. The molecule has 214 valence electrons. The van der Waals surface area contributed by atoms with Gasteiger partial charge in [0.25, 0.3) is 0 Å². The van der Waals surface area contributed by atoms with Crippen LogP contribution < -0.4 is 9.64 Å². The molecule has 1 atom stereocenters. The van der Waals surface area contributed by atoms with Gasteiger partial charge in [0.2, 0.25) is 5.88 Å². The second-order valence-corrected chi connectivity index (χ2v) is 10.8. The molecule has 10 nitrogen and oxygen atoms in total. The van der Waals surface area contributed by atoms with E-state index in [-0.39, 0.29) is 11.7 Å². The summed E-state index contributed by atoms with van der Waals surface area (Å²) < 4.78 is 13.9. The van der Waals surface area contributed by atoms with Crippen LogP contribution >= 0.6 is 0 Å². The van der Waals surface area contributed by atoms with Crippen LogP contribution in [0.25, 0.3) is 21.8 Å². The molecule has 7 rings (SSSR count). The molecule has 2 aliphatic rings. The Labute approximate surface area is 243 Å². The lowest BCUT2D eigenvalue weighted by molar-refractivity contribution is -0.0592. The molecule has 0 saturated carbocycles. The van der Waals surface area contributed by atoms with Gasteiger partial charge in [-0.1, -0.05) is 30.3 Å². The van der Waals surface area contributed by atoms with E-state index in [0.717, 1.165) is 78.3 Å². The quantitative estimate of drug-likeness (QED) is 0.279. The van der Waals surface area contributed by atoms with Crippen LogP contribution in [-0.4, -0.2) is 74.4 Å². The fourth-order valence-electron chi connectivity index (χ4n) is 5.61. The van der Waals surface area contributed by atoms with Crippen LogP contribution in [0.3, 0.4) is 0 Å². The van der Waals surface area contributed by atoms with E-state index < -0.39 is 5.97 Å². The number of pyridine rings is 2. The summed E-state index contributed by atoms with van der Waals surface area (Å²) in [5, 5.41) is 11.8. The van der Waals surface area contributed by atoms with Gasteiger partial charge in [0.05, 0.1) is 41.5 Å². The van der Waals surface area contributed by atoms with Crippen molar-refractivity contribution in [2.45, 2.75) is 32.2 Å². The van der Waals surface area contributed by atoms with E-state index in [1.807, 2.05) is 36.5 Å². The number of ether oxygens (including phenoxy) is 2. The van der Waals surface area contributed by atoms with Crippen LogP contribution in [0.1, 0.15) is 28.3 Å². The predicted molar refractivity (Wildman–Crippen MR) is 159 cm³/mol. The van der Waals surface area contributed by atoms with Crippen molar-refractivity contribution in [2.24, 2.45) is 0 Å². The van der Waals surface area contributed by atoms with Crippen molar-refractivity contribution in [1.82, 2.24) is 24.4 Å². The maximum Gasteiger partial charge on any atom is 0.335 e. The molecule has 2 fully saturated rings. The minimum absolute atomic E-state index is 0.143. The second kappa shape index (κ2) is 11.4. The number of nitrogens with zero attached hydrogens (tertiary/aromatic N) is 6. The molecule has 5 heterocycles. The Balaban J connectivity index is 1.000. The minimum Gasteiger partial charge on any atom is -0.478 e. The molecule has 10 heteroatoms. The Kier molecular flexibility index (Phi) is 7.15. The van der Waals surface area contributed by atoms with Gasteiger partial charge >= 0.3 is 5.97 Å². The maximum absolute atomic E-state index is 11.6. The fourth-order valence-corrected chi connectivity index (χ4v) is 5.61. The number of aromatic carboxylic acids is 1. The zero-order valence-electron chi connectivity index (χ0n) is 23.2. The molecule has 0 aliphatic carbocycles. The summed E-state index contributed by atoms with van der Waals surface area (Å²) in [7, 11) is 0. The number of rotatable bonds is 9. The van der Waals surface area contributed by atoms with E-state index in [1.54, 1.807) is 18.2 Å². The first-order valence-corrected chi connectivity index (χ1v) is 14.3. The molecule has 0 spiro atoms. The summed E-state index contributed by atoms with van der Waals surface area (Å²) in [6.45, 7) is 5.88. The van der Waals surface area contributed by atoms with Crippen LogP contribution in [0.5, 0.6) is 5.88 Å². The number of benzene rings is 2. The summed E-state index contributed by atoms with van der Waals surface area (Å²) in [5.74, 6) is 1.48. The van der Waals surface area contributed by atoms with E-state index in [2.05, 4.69) is 37.5 Å². The van der Waals surface area contributed by atoms with Crippen molar-refractivity contribution >= 4 is 33.6 Å². The molecule has 1 N–H and O–H groups in total. The molecular weight excluding hydrogens is 532 g/mol. The summed E-state index contributed by atoms with van der Waals surface area (Å²) in [4.78, 5) is 30.5. The number of hydrogen-bond donors (Lipinski definition) is 1. The number of fused-ring (bicyclic) bond motifs is 2. The third kappa shape index (κ3) is 5.50. The zero-order chi connectivity index (χ0) is 28.5.